The number of aliphatic hydroxyl groups is 1. The van der Waals surface area contributed by atoms with Crippen molar-refractivity contribution >= 4 is 23.2 Å². The molecule has 2 N–H and O–H groups in total. The summed E-state index contributed by atoms with van der Waals surface area (Å²) in [4.78, 5) is 12.2. The van der Waals surface area contributed by atoms with Gasteiger partial charge in [-0.3, -0.25) is 4.79 Å². The number of hydrogen-bond acceptors (Lipinski definition) is 2. The van der Waals surface area contributed by atoms with Gasteiger partial charge in [0.1, 0.15) is 6.61 Å². The highest BCUT2D eigenvalue weighted by Gasteiger charge is 2.07. The molecule has 4 heteroatoms. The van der Waals surface area contributed by atoms with Crippen LogP contribution in [0.25, 0.3) is 0 Å². The second-order valence-electron chi connectivity index (χ2n) is 4.45. The number of nitrogens with one attached hydrogen (secondary N) is 1. The standard InChI is InChI=1S/C17H14ClNO2/c1-12-10-14(8-7-13(12)4-3-9-20)17(21)19-16-6-2-5-15(18)11-16/h2,5-8,10-11,20H,9H2,1H3,(H,19,21). The van der Waals surface area contributed by atoms with E-state index in [0.717, 1.165) is 11.1 Å². The lowest BCUT2D eigenvalue weighted by Gasteiger charge is -2.07. The van der Waals surface area contributed by atoms with Gasteiger partial charge in [0.2, 0.25) is 0 Å². The Labute approximate surface area is 128 Å². The van der Waals surface area contributed by atoms with Crippen LogP contribution in [0.2, 0.25) is 5.02 Å². The van der Waals surface area contributed by atoms with Crippen molar-refractivity contribution < 1.29 is 9.90 Å². The summed E-state index contributed by atoms with van der Waals surface area (Å²) < 4.78 is 0. The Kier molecular flexibility index (Phi) is 4.99. The van der Waals surface area contributed by atoms with Gasteiger partial charge < -0.3 is 10.4 Å². The smallest absolute Gasteiger partial charge is 0.255 e. The Balaban J connectivity index is 2.18. The van der Waals surface area contributed by atoms with Crippen LogP contribution in [0.5, 0.6) is 0 Å². The molecular weight excluding hydrogens is 286 g/mol. The maximum absolute atomic E-state index is 12.2. The molecule has 3 nitrogen and oxygen atoms in total. The maximum Gasteiger partial charge on any atom is 0.255 e. The summed E-state index contributed by atoms with van der Waals surface area (Å²) in [5, 5.41) is 12.1. The van der Waals surface area contributed by atoms with Crippen LogP contribution >= 0.6 is 11.6 Å². The fourth-order valence-electron chi connectivity index (χ4n) is 1.85. The number of carbonyl (C=O) groups excluding carboxylic acids is 1. The molecule has 0 unspecified atom stereocenters. The molecule has 0 aliphatic rings. The van der Waals surface area contributed by atoms with Gasteiger partial charge in [0.15, 0.2) is 0 Å². The molecule has 0 aromatic heterocycles. The summed E-state index contributed by atoms with van der Waals surface area (Å²) in [5.74, 6) is 5.22. The SMILES string of the molecule is Cc1cc(C(=O)Nc2cccc(Cl)c2)ccc1C#CCO. The number of aryl methyl sites for hydroxylation is 1. The minimum atomic E-state index is -0.206. The first-order valence-electron chi connectivity index (χ1n) is 6.37. The molecule has 1 amide bonds. The third-order valence-corrected chi connectivity index (χ3v) is 3.11. The largest absolute Gasteiger partial charge is 0.384 e. The number of halogens is 1. The summed E-state index contributed by atoms with van der Waals surface area (Å²) in [6, 6.07) is 12.2. The number of anilines is 1. The molecule has 0 fully saturated rings. The van der Waals surface area contributed by atoms with E-state index in [0.29, 0.717) is 16.3 Å². The predicted octanol–water partition coefficient (Wildman–Crippen LogP) is 3.24. The lowest BCUT2D eigenvalue weighted by molar-refractivity contribution is 0.102. The zero-order valence-electron chi connectivity index (χ0n) is 11.5. The molecule has 2 rings (SSSR count). The number of rotatable bonds is 2. The average Bonchev–Trinajstić information content (AvgIpc) is 2.46. The van der Waals surface area contributed by atoms with Gasteiger partial charge in [0.05, 0.1) is 0 Å². The number of carbonyl (C=O) groups is 1. The fourth-order valence-corrected chi connectivity index (χ4v) is 2.04. The summed E-state index contributed by atoms with van der Waals surface area (Å²) in [6.07, 6.45) is 0. The highest BCUT2D eigenvalue weighted by Crippen LogP contribution is 2.17. The van der Waals surface area contributed by atoms with E-state index in [9.17, 15) is 4.79 Å². The molecule has 0 saturated heterocycles. The van der Waals surface area contributed by atoms with Gasteiger partial charge in [-0.25, -0.2) is 0 Å². The van der Waals surface area contributed by atoms with E-state index >= 15 is 0 Å². The summed E-state index contributed by atoms with van der Waals surface area (Å²) in [7, 11) is 0. The van der Waals surface area contributed by atoms with Gasteiger partial charge in [-0.05, 0) is 48.9 Å². The van der Waals surface area contributed by atoms with E-state index in [2.05, 4.69) is 17.2 Å². The molecular formula is C17H14ClNO2. The van der Waals surface area contributed by atoms with E-state index < -0.39 is 0 Å². The lowest BCUT2D eigenvalue weighted by Crippen LogP contribution is -2.12. The van der Waals surface area contributed by atoms with Gasteiger partial charge in [-0.1, -0.05) is 29.5 Å². The first-order valence-corrected chi connectivity index (χ1v) is 6.75. The maximum atomic E-state index is 12.2. The van der Waals surface area contributed by atoms with E-state index in [4.69, 9.17) is 16.7 Å². The molecule has 0 bridgehead atoms. The van der Waals surface area contributed by atoms with Gasteiger partial charge in [0, 0.05) is 21.8 Å². The fraction of sp³-hybridized carbons (Fsp3) is 0.118. The molecule has 106 valence electrons. The second kappa shape index (κ2) is 6.94. The second-order valence-corrected chi connectivity index (χ2v) is 4.89. The quantitative estimate of drug-likeness (QED) is 0.836. The number of benzene rings is 2. The third-order valence-electron chi connectivity index (χ3n) is 2.87. The monoisotopic (exact) mass is 299 g/mol. The van der Waals surface area contributed by atoms with Gasteiger partial charge >= 0.3 is 0 Å². The van der Waals surface area contributed by atoms with E-state index in [1.807, 2.05) is 6.92 Å². The van der Waals surface area contributed by atoms with E-state index in [-0.39, 0.29) is 12.5 Å². The van der Waals surface area contributed by atoms with E-state index in [1.165, 1.54) is 0 Å². The number of aliphatic hydroxyl groups excluding tert-OH is 1. The van der Waals surface area contributed by atoms with Crippen LogP contribution in [0.3, 0.4) is 0 Å². The normalized spacial score (nSPS) is 9.67. The van der Waals surface area contributed by atoms with Crippen LogP contribution in [0.1, 0.15) is 21.5 Å². The number of hydrogen-bond donors (Lipinski definition) is 2. The molecule has 2 aromatic rings. The third kappa shape index (κ3) is 4.09. The van der Waals surface area contributed by atoms with Crippen LogP contribution in [-0.2, 0) is 0 Å². The Hall–Kier alpha value is -2.28. The topological polar surface area (TPSA) is 49.3 Å². The van der Waals surface area contributed by atoms with Crippen molar-refractivity contribution in [2.24, 2.45) is 0 Å². The van der Waals surface area contributed by atoms with Gasteiger partial charge in [-0.2, -0.15) is 0 Å². The van der Waals surface area contributed by atoms with Crippen molar-refractivity contribution in [2.75, 3.05) is 11.9 Å². The van der Waals surface area contributed by atoms with Crippen molar-refractivity contribution in [3.05, 3.63) is 64.2 Å². The zero-order chi connectivity index (χ0) is 15.2. The Morgan fingerprint density at radius 2 is 2.10 bits per heavy atom. The number of amides is 1. The summed E-state index contributed by atoms with van der Waals surface area (Å²) >= 11 is 5.88. The average molecular weight is 300 g/mol. The van der Waals surface area contributed by atoms with Crippen LogP contribution in [-0.4, -0.2) is 17.6 Å². The molecule has 0 saturated carbocycles. The van der Waals surface area contributed by atoms with Crippen molar-refractivity contribution in [3.8, 4) is 11.8 Å². The van der Waals surface area contributed by atoms with Crippen LogP contribution in [0.4, 0.5) is 5.69 Å². The first kappa shape index (κ1) is 15.1. The lowest BCUT2D eigenvalue weighted by atomic mass is 10.0. The van der Waals surface area contributed by atoms with E-state index in [1.54, 1.807) is 42.5 Å². The highest BCUT2D eigenvalue weighted by atomic mass is 35.5. The minimum Gasteiger partial charge on any atom is -0.384 e. The highest BCUT2D eigenvalue weighted by molar-refractivity contribution is 6.30. The minimum absolute atomic E-state index is 0.184. The first-order chi connectivity index (χ1) is 10.1. The molecule has 0 radical (unpaired) electrons. The molecule has 0 spiro atoms. The van der Waals surface area contributed by atoms with Crippen LogP contribution < -0.4 is 5.32 Å². The van der Waals surface area contributed by atoms with Gasteiger partial charge in [0.25, 0.3) is 5.91 Å². The van der Waals surface area contributed by atoms with Crippen molar-refractivity contribution in [1.29, 1.82) is 0 Å². The Bertz CT molecular complexity index is 729. The summed E-state index contributed by atoms with van der Waals surface area (Å²) in [6.45, 7) is 1.69. The molecule has 2 aromatic carbocycles. The molecule has 0 heterocycles. The van der Waals surface area contributed by atoms with Crippen molar-refractivity contribution in [1.82, 2.24) is 0 Å². The van der Waals surface area contributed by atoms with Gasteiger partial charge in [-0.15, -0.1) is 0 Å². The molecule has 0 atom stereocenters. The van der Waals surface area contributed by atoms with Crippen molar-refractivity contribution in [3.63, 3.8) is 0 Å². The van der Waals surface area contributed by atoms with Crippen molar-refractivity contribution in [2.45, 2.75) is 6.92 Å². The molecule has 21 heavy (non-hydrogen) atoms. The molecule has 0 aliphatic carbocycles. The Morgan fingerprint density at radius 1 is 1.29 bits per heavy atom. The zero-order valence-corrected chi connectivity index (χ0v) is 12.2. The van der Waals surface area contributed by atoms with Crippen LogP contribution in [0, 0.1) is 18.8 Å². The summed E-state index contributed by atoms with van der Waals surface area (Å²) in [5.41, 5.74) is 2.87. The Morgan fingerprint density at radius 3 is 2.76 bits per heavy atom. The van der Waals surface area contributed by atoms with Crippen LogP contribution in [0.15, 0.2) is 42.5 Å². The molecule has 0 aliphatic heterocycles. The predicted molar refractivity (Wildman–Crippen MR) is 84.5 cm³/mol.